The lowest BCUT2D eigenvalue weighted by atomic mass is 10.2. The second kappa shape index (κ2) is 6.59. The number of carbonyl (C=O) groups is 1. The van der Waals surface area contributed by atoms with Gasteiger partial charge in [-0.2, -0.15) is 0 Å². The number of benzene rings is 3. The van der Waals surface area contributed by atoms with Gasteiger partial charge in [-0.1, -0.05) is 36.4 Å². The third-order valence-corrected chi connectivity index (χ3v) is 3.24. The summed E-state index contributed by atoms with van der Waals surface area (Å²) < 4.78 is 0. The van der Waals surface area contributed by atoms with Gasteiger partial charge in [0.1, 0.15) is 0 Å². The highest BCUT2D eigenvalue weighted by molar-refractivity contribution is 6.04. The molecule has 0 aromatic heterocycles. The van der Waals surface area contributed by atoms with Crippen LogP contribution in [-0.2, 0) is 0 Å². The van der Waals surface area contributed by atoms with Crippen molar-refractivity contribution in [1.82, 2.24) is 0 Å². The minimum Gasteiger partial charge on any atom is -0.356 e. The molecule has 3 rings (SSSR count). The van der Waals surface area contributed by atoms with Crippen molar-refractivity contribution in [3.8, 4) is 0 Å². The Morgan fingerprint density at radius 1 is 0.591 bits per heavy atom. The van der Waals surface area contributed by atoms with Crippen LogP contribution in [0.5, 0.6) is 0 Å². The second-order valence-corrected chi connectivity index (χ2v) is 4.89. The molecular weight excluding hydrogens is 272 g/mol. The molecule has 0 aliphatic heterocycles. The lowest BCUT2D eigenvalue weighted by Crippen LogP contribution is -2.11. The number of hydrogen-bond donors (Lipinski definition) is 2. The Labute approximate surface area is 129 Å². The first-order valence-corrected chi connectivity index (χ1v) is 7.10. The molecule has 108 valence electrons. The van der Waals surface area contributed by atoms with E-state index in [-0.39, 0.29) is 5.91 Å². The fraction of sp³-hybridized carbons (Fsp3) is 0. The molecule has 0 radical (unpaired) electrons. The number of hydrogen-bond acceptors (Lipinski definition) is 2. The Hall–Kier alpha value is -3.07. The van der Waals surface area contributed by atoms with Crippen LogP contribution >= 0.6 is 0 Å². The van der Waals surface area contributed by atoms with Gasteiger partial charge in [0.15, 0.2) is 0 Å². The summed E-state index contributed by atoms with van der Waals surface area (Å²) in [6, 6.07) is 26.8. The molecule has 22 heavy (non-hydrogen) atoms. The van der Waals surface area contributed by atoms with Crippen molar-refractivity contribution in [2.45, 2.75) is 0 Å². The summed E-state index contributed by atoms with van der Waals surface area (Å²) in [7, 11) is 0. The maximum atomic E-state index is 12.2. The van der Waals surface area contributed by atoms with Crippen molar-refractivity contribution in [2.24, 2.45) is 0 Å². The third kappa shape index (κ3) is 3.52. The minimum atomic E-state index is -0.113. The summed E-state index contributed by atoms with van der Waals surface area (Å²) in [5.41, 5.74) is 3.38. The molecule has 3 aromatic carbocycles. The normalized spacial score (nSPS) is 10.0. The van der Waals surface area contributed by atoms with Crippen molar-refractivity contribution < 1.29 is 4.79 Å². The predicted octanol–water partition coefficient (Wildman–Crippen LogP) is 4.68. The van der Waals surface area contributed by atoms with E-state index in [1.54, 1.807) is 0 Å². The largest absolute Gasteiger partial charge is 0.356 e. The van der Waals surface area contributed by atoms with Crippen molar-refractivity contribution in [3.05, 3.63) is 90.5 Å². The highest BCUT2D eigenvalue weighted by atomic mass is 16.1. The summed E-state index contributed by atoms with van der Waals surface area (Å²) >= 11 is 0. The molecule has 0 saturated heterocycles. The van der Waals surface area contributed by atoms with E-state index in [0.717, 1.165) is 17.1 Å². The maximum absolute atomic E-state index is 12.2. The minimum absolute atomic E-state index is 0.113. The number of carbonyl (C=O) groups excluding carboxylic acids is 1. The Morgan fingerprint density at radius 2 is 1.09 bits per heavy atom. The van der Waals surface area contributed by atoms with E-state index < -0.39 is 0 Å². The van der Waals surface area contributed by atoms with E-state index >= 15 is 0 Å². The number of anilines is 3. The van der Waals surface area contributed by atoms with Gasteiger partial charge in [0.2, 0.25) is 0 Å². The zero-order chi connectivity index (χ0) is 15.2. The Balaban J connectivity index is 1.67. The number of nitrogens with one attached hydrogen (secondary N) is 2. The lowest BCUT2D eigenvalue weighted by molar-refractivity contribution is 0.102. The van der Waals surface area contributed by atoms with Crippen molar-refractivity contribution in [3.63, 3.8) is 0 Å². The van der Waals surface area contributed by atoms with E-state index in [4.69, 9.17) is 0 Å². The molecule has 3 heteroatoms. The van der Waals surface area contributed by atoms with Crippen molar-refractivity contribution in [1.29, 1.82) is 0 Å². The number of rotatable bonds is 4. The van der Waals surface area contributed by atoms with Crippen LogP contribution in [0.2, 0.25) is 0 Å². The zero-order valence-corrected chi connectivity index (χ0v) is 12.0. The molecule has 0 saturated carbocycles. The van der Waals surface area contributed by atoms with E-state index in [2.05, 4.69) is 10.6 Å². The zero-order valence-electron chi connectivity index (χ0n) is 12.0. The molecule has 0 aliphatic rings. The highest BCUT2D eigenvalue weighted by Crippen LogP contribution is 2.17. The third-order valence-electron chi connectivity index (χ3n) is 3.24. The van der Waals surface area contributed by atoms with Crippen LogP contribution in [0.4, 0.5) is 17.1 Å². The average molecular weight is 288 g/mol. The van der Waals surface area contributed by atoms with Gasteiger partial charge in [-0.3, -0.25) is 4.79 Å². The first-order valence-electron chi connectivity index (χ1n) is 7.10. The van der Waals surface area contributed by atoms with Crippen LogP contribution in [0.1, 0.15) is 10.4 Å². The van der Waals surface area contributed by atoms with E-state index in [1.807, 2.05) is 84.9 Å². The highest BCUT2D eigenvalue weighted by Gasteiger charge is 2.05. The average Bonchev–Trinajstić information content (AvgIpc) is 2.57. The monoisotopic (exact) mass is 288 g/mol. The van der Waals surface area contributed by atoms with Crippen LogP contribution < -0.4 is 10.6 Å². The Bertz CT molecular complexity index is 737. The van der Waals surface area contributed by atoms with E-state index in [1.165, 1.54) is 0 Å². The summed E-state index contributed by atoms with van der Waals surface area (Å²) in [6.45, 7) is 0. The fourth-order valence-corrected chi connectivity index (χ4v) is 2.12. The first kappa shape index (κ1) is 13.9. The van der Waals surface area contributed by atoms with Gasteiger partial charge in [0.25, 0.3) is 5.91 Å². The second-order valence-electron chi connectivity index (χ2n) is 4.89. The molecule has 0 atom stereocenters. The molecule has 2 N–H and O–H groups in total. The molecule has 3 aromatic rings. The van der Waals surface area contributed by atoms with Gasteiger partial charge in [-0.15, -0.1) is 0 Å². The van der Waals surface area contributed by atoms with Gasteiger partial charge in [-0.05, 0) is 48.5 Å². The molecule has 0 fully saturated rings. The molecule has 0 bridgehead atoms. The van der Waals surface area contributed by atoms with Gasteiger partial charge >= 0.3 is 0 Å². The fourth-order valence-electron chi connectivity index (χ4n) is 2.12. The molecular formula is C19H16N2O. The molecule has 3 nitrogen and oxygen atoms in total. The Morgan fingerprint density at radius 3 is 1.68 bits per heavy atom. The smallest absolute Gasteiger partial charge is 0.255 e. The van der Waals surface area contributed by atoms with Crippen LogP contribution in [0.15, 0.2) is 84.9 Å². The van der Waals surface area contributed by atoms with Crippen molar-refractivity contribution in [2.75, 3.05) is 10.6 Å². The molecule has 0 heterocycles. The summed E-state index contributed by atoms with van der Waals surface area (Å²) in [5, 5.41) is 6.16. The van der Waals surface area contributed by atoms with Gasteiger partial charge < -0.3 is 10.6 Å². The van der Waals surface area contributed by atoms with Crippen LogP contribution in [-0.4, -0.2) is 5.91 Å². The van der Waals surface area contributed by atoms with Crippen molar-refractivity contribution >= 4 is 23.0 Å². The van der Waals surface area contributed by atoms with Gasteiger partial charge in [0, 0.05) is 22.6 Å². The lowest BCUT2D eigenvalue weighted by Gasteiger charge is -2.08. The first-order chi connectivity index (χ1) is 10.8. The molecule has 0 aliphatic carbocycles. The maximum Gasteiger partial charge on any atom is 0.255 e. The molecule has 1 amide bonds. The SMILES string of the molecule is O=C(Nc1ccccc1)c1ccc(Nc2ccccc2)cc1. The summed E-state index contributed by atoms with van der Waals surface area (Å²) in [4.78, 5) is 12.2. The summed E-state index contributed by atoms with van der Waals surface area (Å²) in [5.74, 6) is -0.113. The van der Waals surface area contributed by atoms with Crippen LogP contribution in [0.3, 0.4) is 0 Å². The van der Waals surface area contributed by atoms with Gasteiger partial charge in [-0.25, -0.2) is 0 Å². The standard InChI is InChI=1S/C19H16N2O/c22-19(21-17-9-5-2-6-10-17)15-11-13-18(14-12-15)20-16-7-3-1-4-8-16/h1-14,20H,(H,21,22). The quantitative estimate of drug-likeness (QED) is 0.731. The molecule has 0 unspecified atom stereocenters. The van der Waals surface area contributed by atoms with E-state index in [0.29, 0.717) is 5.56 Å². The Kier molecular flexibility index (Phi) is 4.16. The number of para-hydroxylation sites is 2. The van der Waals surface area contributed by atoms with Crippen LogP contribution in [0.25, 0.3) is 0 Å². The topological polar surface area (TPSA) is 41.1 Å². The van der Waals surface area contributed by atoms with Crippen LogP contribution in [0, 0.1) is 0 Å². The van der Waals surface area contributed by atoms with E-state index in [9.17, 15) is 4.79 Å². The number of amides is 1. The summed E-state index contributed by atoms with van der Waals surface area (Å²) in [6.07, 6.45) is 0. The van der Waals surface area contributed by atoms with Gasteiger partial charge in [0.05, 0.1) is 0 Å². The predicted molar refractivity (Wildman–Crippen MR) is 90.6 cm³/mol. The molecule has 0 spiro atoms.